The SMILES string of the molecule is CC(C)c1nnsc1C(=O)NC1CCNC2(CCC2)C1. The van der Waals surface area contributed by atoms with E-state index in [4.69, 9.17) is 0 Å². The van der Waals surface area contributed by atoms with Gasteiger partial charge in [0.15, 0.2) is 0 Å². The van der Waals surface area contributed by atoms with Crippen molar-refractivity contribution in [2.75, 3.05) is 6.54 Å². The van der Waals surface area contributed by atoms with Crippen LogP contribution >= 0.6 is 11.5 Å². The maximum atomic E-state index is 12.4. The van der Waals surface area contributed by atoms with Gasteiger partial charge in [-0.05, 0) is 56.1 Å². The Hall–Kier alpha value is -1.01. The standard InChI is InChI=1S/C14H22N4OS/c1-9(2)11-12(20-18-17-11)13(19)16-10-4-7-15-14(8-10)5-3-6-14/h9-10,15H,3-8H2,1-2H3,(H,16,19). The summed E-state index contributed by atoms with van der Waals surface area (Å²) in [7, 11) is 0. The fourth-order valence-electron chi connectivity index (χ4n) is 3.25. The molecule has 6 heteroatoms. The number of piperidine rings is 1. The van der Waals surface area contributed by atoms with E-state index >= 15 is 0 Å². The molecule has 110 valence electrons. The Kier molecular flexibility index (Phi) is 3.77. The first-order valence-electron chi connectivity index (χ1n) is 7.48. The number of nitrogens with one attached hydrogen (secondary N) is 2. The highest BCUT2D eigenvalue weighted by atomic mass is 32.1. The third-order valence-electron chi connectivity index (χ3n) is 4.54. The van der Waals surface area contributed by atoms with Crippen LogP contribution in [0.4, 0.5) is 0 Å². The average Bonchev–Trinajstić information content (AvgIpc) is 2.86. The van der Waals surface area contributed by atoms with E-state index in [1.165, 1.54) is 30.8 Å². The van der Waals surface area contributed by atoms with Crippen molar-refractivity contribution < 1.29 is 4.79 Å². The van der Waals surface area contributed by atoms with Crippen LogP contribution < -0.4 is 10.6 Å². The maximum absolute atomic E-state index is 12.4. The Morgan fingerprint density at radius 2 is 2.30 bits per heavy atom. The summed E-state index contributed by atoms with van der Waals surface area (Å²) >= 11 is 1.21. The molecule has 20 heavy (non-hydrogen) atoms. The van der Waals surface area contributed by atoms with Gasteiger partial charge in [0.2, 0.25) is 0 Å². The van der Waals surface area contributed by atoms with E-state index in [1.54, 1.807) is 0 Å². The molecule has 1 spiro atoms. The Labute approximate surface area is 123 Å². The molecule has 1 aromatic heterocycles. The second kappa shape index (κ2) is 5.41. The van der Waals surface area contributed by atoms with Gasteiger partial charge < -0.3 is 10.6 Å². The summed E-state index contributed by atoms with van der Waals surface area (Å²) in [5.74, 6) is 0.241. The lowest BCUT2D eigenvalue weighted by Crippen LogP contribution is -2.59. The number of hydrogen-bond acceptors (Lipinski definition) is 5. The number of hydrogen-bond donors (Lipinski definition) is 2. The number of aromatic nitrogens is 2. The van der Waals surface area contributed by atoms with E-state index in [2.05, 4.69) is 20.2 Å². The van der Waals surface area contributed by atoms with Crippen LogP contribution in [0.5, 0.6) is 0 Å². The molecule has 1 unspecified atom stereocenters. The van der Waals surface area contributed by atoms with E-state index in [9.17, 15) is 4.79 Å². The van der Waals surface area contributed by atoms with Crippen LogP contribution in [-0.4, -0.2) is 33.6 Å². The molecular weight excluding hydrogens is 272 g/mol. The first-order valence-corrected chi connectivity index (χ1v) is 8.25. The van der Waals surface area contributed by atoms with Crippen LogP contribution in [0.2, 0.25) is 0 Å². The highest BCUT2D eigenvalue weighted by Gasteiger charge is 2.41. The first-order chi connectivity index (χ1) is 9.60. The molecule has 0 radical (unpaired) electrons. The monoisotopic (exact) mass is 294 g/mol. The van der Waals surface area contributed by atoms with Crippen LogP contribution in [0.15, 0.2) is 0 Å². The van der Waals surface area contributed by atoms with Crippen molar-refractivity contribution in [2.24, 2.45) is 0 Å². The largest absolute Gasteiger partial charge is 0.348 e. The van der Waals surface area contributed by atoms with Gasteiger partial charge in [0.25, 0.3) is 5.91 Å². The van der Waals surface area contributed by atoms with Gasteiger partial charge in [-0.15, -0.1) is 5.10 Å². The maximum Gasteiger partial charge on any atom is 0.265 e. The Bertz CT molecular complexity index is 495. The zero-order valence-electron chi connectivity index (χ0n) is 12.1. The van der Waals surface area contributed by atoms with E-state index in [0.717, 1.165) is 25.1 Å². The van der Waals surface area contributed by atoms with Gasteiger partial charge in [0.1, 0.15) is 4.88 Å². The molecule has 3 rings (SSSR count). The molecule has 1 aliphatic carbocycles. The number of rotatable bonds is 3. The summed E-state index contributed by atoms with van der Waals surface area (Å²) in [5, 5.41) is 10.9. The predicted octanol–water partition coefficient (Wildman–Crippen LogP) is 2.07. The zero-order valence-corrected chi connectivity index (χ0v) is 12.9. The third kappa shape index (κ3) is 2.59. The summed E-state index contributed by atoms with van der Waals surface area (Å²) in [6, 6.07) is 0.283. The Morgan fingerprint density at radius 3 is 2.95 bits per heavy atom. The van der Waals surface area contributed by atoms with E-state index < -0.39 is 0 Å². The smallest absolute Gasteiger partial charge is 0.265 e. The molecule has 0 bridgehead atoms. The highest BCUT2D eigenvalue weighted by molar-refractivity contribution is 7.08. The van der Waals surface area contributed by atoms with Gasteiger partial charge in [-0.25, -0.2) is 0 Å². The van der Waals surface area contributed by atoms with Gasteiger partial charge in [0.05, 0.1) is 5.69 Å². The molecule has 0 aromatic carbocycles. The van der Waals surface area contributed by atoms with Crippen molar-refractivity contribution >= 4 is 17.4 Å². The molecule has 1 aliphatic heterocycles. The van der Waals surface area contributed by atoms with Crippen molar-refractivity contribution in [3.8, 4) is 0 Å². The fourth-order valence-corrected chi connectivity index (χ4v) is 3.97. The minimum absolute atomic E-state index is 0.00470. The molecule has 1 saturated heterocycles. The molecule has 1 amide bonds. The summed E-state index contributed by atoms with van der Waals surface area (Å²) in [5.41, 5.74) is 1.13. The Balaban J connectivity index is 1.65. The zero-order chi connectivity index (χ0) is 14.2. The number of nitrogens with zero attached hydrogens (tertiary/aromatic N) is 2. The predicted molar refractivity (Wildman–Crippen MR) is 79.1 cm³/mol. The molecule has 2 aliphatic rings. The molecular formula is C14H22N4OS. The molecule has 2 fully saturated rings. The van der Waals surface area contributed by atoms with E-state index in [-0.39, 0.29) is 17.9 Å². The van der Waals surface area contributed by atoms with Crippen LogP contribution in [0, 0.1) is 0 Å². The third-order valence-corrected chi connectivity index (χ3v) is 5.28. The summed E-state index contributed by atoms with van der Waals surface area (Å²) < 4.78 is 3.93. The second-order valence-electron chi connectivity index (χ2n) is 6.37. The normalized spacial score (nSPS) is 24.6. The van der Waals surface area contributed by atoms with Crippen LogP contribution in [0.25, 0.3) is 0 Å². The van der Waals surface area contributed by atoms with Crippen molar-refractivity contribution in [3.05, 3.63) is 10.6 Å². The lowest BCUT2D eigenvalue weighted by Gasteiger charge is -2.48. The van der Waals surface area contributed by atoms with Crippen LogP contribution in [0.1, 0.15) is 67.2 Å². The van der Waals surface area contributed by atoms with Gasteiger partial charge in [-0.3, -0.25) is 4.79 Å². The lowest BCUT2D eigenvalue weighted by molar-refractivity contribution is 0.0855. The quantitative estimate of drug-likeness (QED) is 0.895. The molecule has 1 saturated carbocycles. The van der Waals surface area contributed by atoms with E-state index in [1.807, 2.05) is 13.8 Å². The number of amides is 1. The number of carbonyl (C=O) groups is 1. The number of carbonyl (C=O) groups excluding carboxylic acids is 1. The summed E-state index contributed by atoms with van der Waals surface area (Å²) in [6.07, 6.45) is 5.88. The highest BCUT2D eigenvalue weighted by Crippen LogP contribution is 2.38. The van der Waals surface area contributed by atoms with Gasteiger partial charge in [-0.2, -0.15) is 0 Å². The van der Waals surface area contributed by atoms with Crippen LogP contribution in [-0.2, 0) is 0 Å². The minimum Gasteiger partial charge on any atom is -0.348 e. The topological polar surface area (TPSA) is 66.9 Å². The molecule has 1 atom stereocenters. The second-order valence-corrected chi connectivity index (χ2v) is 7.12. The summed E-state index contributed by atoms with van der Waals surface area (Å²) in [6.45, 7) is 5.09. The van der Waals surface area contributed by atoms with Crippen molar-refractivity contribution in [3.63, 3.8) is 0 Å². The van der Waals surface area contributed by atoms with Gasteiger partial charge >= 0.3 is 0 Å². The summed E-state index contributed by atoms with van der Waals surface area (Å²) in [4.78, 5) is 13.1. The molecule has 1 aromatic rings. The lowest BCUT2D eigenvalue weighted by atomic mass is 9.70. The van der Waals surface area contributed by atoms with Crippen molar-refractivity contribution in [1.82, 2.24) is 20.2 Å². The van der Waals surface area contributed by atoms with E-state index in [0.29, 0.717) is 10.4 Å². The van der Waals surface area contributed by atoms with Gasteiger partial charge in [-0.1, -0.05) is 18.3 Å². The van der Waals surface area contributed by atoms with Crippen LogP contribution in [0.3, 0.4) is 0 Å². The first kappa shape index (κ1) is 13.9. The fraction of sp³-hybridized carbons (Fsp3) is 0.786. The minimum atomic E-state index is 0.00470. The Morgan fingerprint density at radius 1 is 1.50 bits per heavy atom. The van der Waals surface area contributed by atoms with Gasteiger partial charge in [0, 0.05) is 11.6 Å². The average molecular weight is 294 g/mol. The van der Waals surface area contributed by atoms with Crippen molar-refractivity contribution in [2.45, 2.75) is 63.5 Å². The molecule has 2 N–H and O–H groups in total. The van der Waals surface area contributed by atoms with Crippen molar-refractivity contribution in [1.29, 1.82) is 0 Å². The molecule has 5 nitrogen and oxygen atoms in total. The molecule has 2 heterocycles.